The van der Waals surface area contributed by atoms with Gasteiger partial charge in [0.1, 0.15) is 0 Å². The number of nitrogens with two attached hydrogens (primary N) is 1. The molecule has 0 saturated heterocycles. The first-order chi connectivity index (χ1) is 8.47. The molecule has 0 aromatic carbocycles. The molecule has 0 radical (unpaired) electrons. The van der Waals surface area contributed by atoms with Gasteiger partial charge in [0.05, 0.1) is 6.04 Å². The van der Waals surface area contributed by atoms with Crippen molar-refractivity contribution in [2.24, 2.45) is 17.6 Å². The fourth-order valence-corrected chi connectivity index (χ4v) is 2.28. The van der Waals surface area contributed by atoms with Crippen LogP contribution < -0.4 is 11.1 Å². The molecule has 1 rings (SSSR count). The van der Waals surface area contributed by atoms with Crippen molar-refractivity contribution in [2.45, 2.75) is 52.1 Å². The van der Waals surface area contributed by atoms with Crippen molar-refractivity contribution in [1.82, 2.24) is 10.2 Å². The summed E-state index contributed by atoms with van der Waals surface area (Å²) in [5.41, 5.74) is 5.82. The number of amides is 1. The van der Waals surface area contributed by atoms with E-state index in [1.807, 2.05) is 14.0 Å². The molecule has 1 fully saturated rings. The Kier molecular flexibility index (Phi) is 6.09. The maximum absolute atomic E-state index is 12.0. The summed E-state index contributed by atoms with van der Waals surface area (Å²) in [7, 11) is 2.02. The average Bonchev–Trinajstić information content (AvgIpc) is 3.12. The molecule has 0 heterocycles. The zero-order chi connectivity index (χ0) is 13.7. The second-order valence-electron chi connectivity index (χ2n) is 5.96. The molecule has 0 bridgehead atoms. The molecule has 2 unspecified atom stereocenters. The van der Waals surface area contributed by atoms with Gasteiger partial charge in [-0.05, 0) is 45.1 Å². The SMILES string of the molecule is CC(C)CCNC(=O)C(C)N(C)C(CN)C1CC1. The first-order valence-electron chi connectivity index (χ1n) is 7.17. The zero-order valence-corrected chi connectivity index (χ0v) is 12.3. The van der Waals surface area contributed by atoms with E-state index in [0.29, 0.717) is 24.4 Å². The van der Waals surface area contributed by atoms with Gasteiger partial charge in [0.15, 0.2) is 0 Å². The lowest BCUT2D eigenvalue weighted by molar-refractivity contribution is -0.126. The monoisotopic (exact) mass is 255 g/mol. The third kappa shape index (κ3) is 4.58. The Bertz CT molecular complexity index is 264. The van der Waals surface area contributed by atoms with Gasteiger partial charge >= 0.3 is 0 Å². The summed E-state index contributed by atoms with van der Waals surface area (Å²) in [5.74, 6) is 1.45. The number of nitrogens with one attached hydrogen (secondary N) is 1. The largest absolute Gasteiger partial charge is 0.355 e. The van der Waals surface area contributed by atoms with Gasteiger partial charge in [-0.2, -0.15) is 0 Å². The van der Waals surface area contributed by atoms with Gasteiger partial charge in [0.2, 0.25) is 5.91 Å². The van der Waals surface area contributed by atoms with Crippen LogP contribution in [-0.2, 0) is 4.79 Å². The smallest absolute Gasteiger partial charge is 0.237 e. The van der Waals surface area contributed by atoms with Crippen molar-refractivity contribution < 1.29 is 4.79 Å². The third-order valence-electron chi connectivity index (χ3n) is 3.94. The minimum atomic E-state index is -0.0914. The van der Waals surface area contributed by atoms with E-state index in [0.717, 1.165) is 13.0 Å². The number of carbonyl (C=O) groups excluding carboxylic acids is 1. The highest BCUT2D eigenvalue weighted by Gasteiger charge is 2.35. The number of rotatable bonds is 8. The van der Waals surface area contributed by atoms with Crippen LogP contribution in [0.3, 0.4) is 0 Å². The van der Waals surface area contributed by atoms with Gasteiger partial charge in [-0.3, -0.25) is 9.69 Å². The van der Waals surface area contributed by atoms with Crippen molar-refractivity contribution in [2.75, 3.05) is 20.1 Å². The van der Waals surface area contributed by atoms with Crippen molar-refractivity contribution >= 4 is 5.91 Å². The topological polar surface area (TPSA) is 58.4 Å². The molecule has 0 aliphatic heterocycles. The van der Waals surface area contributed by atoms with Crippen molar-refractivity contribution in [1.29, 1.82) is 0 Å². The molecule has 4 nitrogen and oxygen atoms in total. The van der Waals surface area contributed by atoms with E-state index in [1.165, 1.54) is 12.8 Å². The van der Waals surface area contributed by atoms with E-state index in [-0.39, 0.29) is 11.9 Å². The van der Waals surface area contributed by atoms with Gasteiger partial charge in [-0.1, -0.05) is 13.8 Å². The van der Waals surface area contributed by atoms with Gasteiger partial charge in [-0.15, -0.1) is 0 Å². The van der Waals surface area contributed by atoms with Gasteiger partial charge in [0.25, 0.3) is 0 Å². The predicted octanol–water partition coefficient (Wildman–Crippen LogP) is 1.21. The quantitative estimate of drug-likeness (QED) is 0.685. The molecule has 1 saturated carbocycles. The summed E-state index contributed by atoms with van der Waals surface area (Å²) in [6.45, 7) is 7.71. The van der Waals surface area contributed by atoms with Crippen LogP contribution in [0.2, 0.25) is 0 Å². The van der Waals surface area contributed by atoms with E-state index in [1.54, 1.807) is 0 Å². The Morgan fingerprint density at radius 1 is 1.39 bits per heavy atom. The van der Waals surface area contributed by atoms with Crippen LogP contribution in [0.15, 0.2) is 0 Å². The molecule has 0 aromatic rings. The second-order valence-corrected chi connectivity index (χ2v) is 5.96. The molecule has 2 atom stereocenters. The molecule has 3 N–H and O–H groups in total. The van der Waals surface area contributed by atoms with Gasteiger partial charge in [0, 0.05) is 19.1 Å². The Hall–Kier alpha value is -0.610. The Balaban J connectivity index is 2.36. The zero-order valence-electron chi connectivity index (χ0n) is 12.3. The van der Waals surface area contributed by atoms with Crippen LogP contribution in [0.4, 0.5) is 0 Å². The fraction of sp³-hybridized carbons (Fsp3) is 0.929. The number of hydrogen-bond acceptors (Lipinski definition) is 3. The molecule has 106 valence electrons. The Morgan fingerprint density at radius 3 is 2.44 bits per heavy atom. The average molecular weight is 255 g/mol. The maximum Gasteiger partial charge on any atom is 0.237 e. The molecule has 0 spiro atoms. The first kappa shape index (κ1) is 15.4. The fourth-order valence-electron chi connectivity index (χ4n) is 2.28. The molecular formula is C14H29N3O. The maximum atomic E-state index is 12.0. The summed E-state index contributed by atoms with van der Waals surface area (Å²) in [6, 6.07) is 0.266. The summed E-state index contributed by atoms with van der Waals surface area (Å²) in [6.07, 6.45) is 3.55. The number of likely N-dealkylation sites (N-methyl/N-ethyl adjacent to an activating group) is 1. The van der Waals surface area contributed by atoms with E-state index < -0.39 is 0 Å². The lowest BCUT2D eigenvalue weighted by atomic mass is 10.1. The molecule has 1 aliphatic carbocycles. The summed E-state index contributed by atoms with van der Waals surface area (Å²) in [4.78, 5) is 14.2. The summed E-state index contributed by atoms with van der Waals surface area (Å²) in [5, 5.41) is 3.01. The molecule has 18 heavy (non-hydrogen) atoms. The van der Waals surface area contributed by atoms with Crippen LogP contribution in [0.1, 0.15) is 40.0 Å². The van der Waals surface area contributed by atoms with Crippen LogP contribution in [0.5, 0.6) is 0 Å². The summed E-state index contributed by atoms with van der Waals surface area (Å²) >= 11 is 0. The lowest BCUT2D eigenvalue weighted by Gasteiger charge is -2.31. The molecule has 1 aliphatic rings. The van der Waals surface area contributed by atoms with Crippen molar-refractivity contribution in [3.8, 4) is 0 Å². The van der Waals surface area contributed by atoms with Crippen LogP contribution in [0.25, 0.3) is 0 Å². The van der Waals surface area contributed by atoms with Crippen molar-refractivity contribution in [3.63, 3.8) is 0 Å². The van der Waals surface area contributed by atoms with Crippen LogP contribution >= 0.6 is 0 Å². The van der Waals surface area contributed by atoms with Gasteiger partial charge in [-0.25, -0.2) is 0 Å². The Morgan fingerprint density at radius 2 is 2.00 bits per heavy atom. The van der Waals surface area contributed by atoms with Crippen LogP contribution in [-0.4, -0.2) is 43.0 Å². The van der Waals surface area contributed by atoms with Crippen molar-refractivity contribution in [3.05, 3.63) is 0 Å². The second kappa shape index (κ2) is 7.10. The highest BCUT2D eigenvalue weighted by Crippen LogP contribution is 2.35. The molecule has 1 amide bonds. The minimum absolute atomic E-state index is 0.0914. The lowest BCUT2D eigenvalue weighted by Crippen LogP contribution is -2.51. The standard InChI is InChI=1S/C14H29N3O/c1-10(2)7-8-16-14(18)11(3)17(4)13(9-15)12-5-6-12/h10-13H,5-9,15H2,1-4H3,(H,16,18). The first-order valence-corrected chi connectivity index (χ1v) is 7.17. The normalized spacial score (nSPS) is 19.1. The number of nitrogens with zero attached hydrogens (tertiary/aromatic N) is 1. The highest BCUT2D eigenvalue weighted by atomic mass is 16.2. The minimum Gasteiger partial charge on any atom is -0.355 e. The number of carbonyl (C=O) groups is 1. The molecule has 4 heteroatoms. The van der Waals surface area contributed by atoms with E-state index >= 15 is 0 Å². The highest BCUT2D eigenvalue weighted by molar-refractivity contribution is 5.81. The van der Waals surface area contributed by atoms with E-state index in [9.17, 15) is 4.79 Å². The van der Waals surface area contributed by atoms with E-state index in [2.05, 4.69) is 24.1 Å². The van der Waals surface area contributed by atoms with Crippen LogP contribution in [0, 0.1) is 11.8 Å². The summed E-state index contributed by atoms with van der Waals surface area (Å²) < 4.78 is 0. The predicted molar refractivity (Wildman–Crippen MR) is 75.3 cm³/mol. The van der Waals surface area contributed by atoms with Gasteiger partial charge < -0.3 is 11.1 Å². The third-order valence-corrected chi connectivity index (χ3v) is 3.94. The molecular weight excluding hydrogens is 226 g/mol. The number of hydrogen-bond donors (Lipinski definition) is 2. The molecule has 0 aromatic heterocycles. The van der Waals surface area contributed by atoms with E-state index in [4.69, 9.17) is 5.73 Å². The Labute approximate surface area is 111 Å².